The van der Waals surface area contributed by atoms with Gasteiger partial charge in [0.1, 0.15) is 11.9 Å². The van der Waals surface area contributed by atoms with Gasteiger partial charge in [-0.25, -0.2) is 19.2 Å². The van der Waals surface area contributed by atoms with E-state index in [4.69, 9.17) is 9.47 Å². The Kier molecular flexibility index (Phi) is 7.38. The summed E-state index contributed by atoms with van der Waals surface area (Å²) < 4.78 is 25.4. The summed E-state index contributed by atoms with van der Waals surface area (Å²) in [5, 5.41) is 8.73. The molecule has 0 spiro atoms. The van der Waals surface area contributed by atoms with Crippen molar-refractivity contribution < 1.29 is 28.2 Å². The molecule has 1 aliphatic carbocycles. The topological polar surface area (TPSA) is 138 Å². The number of fused-ring (bicyclic) bond motifs is 2. The molecule has 3 amide bonds. The van der Waals surface area contributed by atoms with Crippen LogP contribution in [0.25, 0.3) is 0 Å². The fourth-order valence-corrected chi connectivity index (χ4v) is 4.90. The number of likely N-dealkylation sites (N-methyl/N-ethyl adjacent to an activating group) is 1. The number of ether oxygens (including phenoxy) is 2. The number of rotatable bonds is 9. The number of cyclic esters (lactones) is 1. The van der Waals surface area contributed by atoms with Crippen molar-refractivity contribution >= 4 is 35.2 Å². The third kappa shape index (κ3) is 5.83. The van der Waals surface area contributed by atoms with Crippen LogP contribution in [0, 0.1) is 11.7 Å². The second-order valence-corrected chi connectivity index (χ2v) is 9.98. The molecule has 12 nitrogen and oxygen atoms in total. The van der Waals surface area contributed by atoms with Crippen molar-refractivity contribution in [1.82, 2.24) is 20.2 Å². The van der Waals surface area contributed by atoms with Crippen molar-refractivity contribution in [2.45, 2.75) is 25.4 Å². The van der Waals surface area contributed by atoms with E-state index < -0.39 is 6.09 Å². The van der Waals surface area contributed by atoms with Crippen LogP contribution >= 0.6 is 0 Å². The number of nitrogens with zero attached hydrogens (tertiary/aromatic N) is 4. The largest absolute Gasteiger partial charge is 0.465 e. The molecule has 3 heterocycles. The molecule has 2 aromatic rings. The normalized spacial score (nSPS) is 20.1. The number of nitrogens with one attached hydrogen (secondary N) is 3. The van der Waals surface area contributed by atoms with Crippen molar-refractivity contribution in [2.75, 3.05) is 62.4 Å². The monoisotopic (exact) mass is 527 g/mol. The molecule has 3 N–H and O–H groups in total. The third-order valence-corrected chi connectivity index (χ3v) is 6.58. The number of anilines is 3. The van der Waals surface area contributed by atoms with Crippen LogP contribution in [-0.2, 0) is 27.2 Å². The van der Waals surface area contributed by atoms with Crippen LogP contribution < -0.4 is 25.6 Å². The fraction of sp³-hybridized carbons (Fsp3) is 0.480. The zero-order chi connectivity index (χ0) is 26.8. The molecule has 2 atom stereocenters. The van der Waals surface area contributed by atoms with Gasteiger partial charge >= 0.3 is 6.09 Å². The lowest BCUT2D eigenvalue weighted by atomic mass is 10.1. The van der Waals surface area contributed by atoms with Crippen LogP contribution in [0.1, 0.15) is 17.5 Å². The van der Waals surface area contributed by atoms with Crippen LogP contribution in [0.15, 0.2) is 18.3 Å². The Morgan fingerprint density at radius 2 is 2.13 bits per heavy atom. The number of aromatic nitrogens is 2. The molecule has 1 aromatic heterocycles. The van der Waals surface area contributed by atoms with E-state index in [9.17, 15) is 18.8 Å². The zero-order valence-corrected chi connectivity index (χ0v) is 21.3. The average molecular weight is 528 g/mol. The SMILES string of the molecule is CN(C)CC(=O)Nc1cc(F)c2c(c1)CC(CNCCC1CN(c3cnc4c(n3)NC(=O)CO4)C(=O)O1)C2. The maximum atomic E-state index is 14.7. The average Bonchev–Trinajstić information content (AvgIpc) is 3.44. The molecule has 1 saturated heterocycles. The van der Waals surface area contributed by atoms with Crippen molar-refractivity contribution in [3.05, 3.63) is 35.3 Å². The Hall–Kier alpha value is -3.84. The zero-order valence-electron chi connectivity index (χ0n) is 21.3. The first-order valence-corrected chi connectivity index (χ1v) is 12.5. The summed E-state index contributed by atoms with van der Waals surface area (Å²) in [5.41, 5.74) is 2.11. The van der Waals surface area contributed by atoms with Gasteiger partial charge in [0.2, 0.25) is 5.91 Å². The summed E-state index contributed by atoms with van der Waals surface area (Å²) in [4.78, 5) is 47.5. The predicted molar refractivity (Wildman–Crippen MR) is 136 cm³/mol. The van der Waals surface area contributed by atoms with Crippen LogP contribution in [0.4, 0.5) is 26.5 Å². The van der Waals surface area contributed by atoms with E-state index in [2.05, 4.69) is 25.9 Å². The van der Waals surface area contributed by atoms with Gasteiger partial charge in [-0.2, -0.15) is 0 Å². The minimum absolute atomic E-state index is 0.125. The molecule has 13 heteroatoms. The van der Waals surface area contributed by atoms with Crippen LogP contribution in [-0.4, -0.2) is 85.8 Å². The van der Waals surface area contributed by atoms with Gasteiger partial charge in [-0.05, 0) is 75.6 Å². The second-order valence-electron chi connectivity index (χ2n) is 9.98. The first-order chi connectivity index (χ1) is 18.2. The molecule has 0 bridgehead atoms. The summed E-state index contributed by atoms with van der Waals surface area (Å²) in [6, 6.07) is 3.25. The standard InChI is InChI=1S/C25H30FN7O5/c1-32(2)12-21(34)29-16-7-15-5-14(6-18(15)19(26)8-16)9-27-4-3-17-11-33(25(36)38-17)20-10-28-24-23(30-20)31-22(35)13-37-24/h7-8,10,14,17,27H,3-6,9,11-13H2,1-2H3,(H,29,34)(H,30,31,35). The Balaban J connectivity index is 1.08. The molecule has 202 valence electrons. The fourth-order valence-electron chi connectivity index (χ4n) is 4.90. The van der Waals surface area contributed by atoms with Crippen molar-refractivity contribution in [1.29, 1.82) is 0 Å². The quantitative estimate of drug-likeness (QED) is 0.410. The van der Waals surface area contributed by atoms with E-state index in [1.807, 2.05) is 6.07 Å². The lowest BCUT2D eigenvalue weighted by Gasteiger charge is -2.18. The minimum atomic E-state index is -0.525. The summed E-state index contributed by atoms with van der Waals surface area (Å²) >= 11 is 0. The summed E-state index contributed by atoms with van der Waals surface area (Å²) in [6.45, 7) is 1.72. The van der Waals surface area contributed by atoms with Crippen molar-refractivity contribution in [2.24, 2.45) is 5.92 Å². The first kappa shape index (κ1) is 25.8. The molecule has 0 saturated carbocycles. The smallest absolute Gasteiger partial charge is 0.415 e. The molecule has 0 radical (unpaired) electrons. The number of hydrogen-bond donors (Lipinski definition) is 3. The van der Waals surface area contributed by atoms with E-state index in [0.29, 0.717) is 43.7 Å². The van der Waals surface area contributed by atoms with Gasteiger partial charge in [0.05, 0.1) is 19.3 Å². The van der Waals surface area contributed by atoms with Gasteiger partial charge in [0.15, 0.2) is 18.2 Å². The molecule has 3 aliphatic rings. The van der Waals surface area contributed by atoms with Gasteiger partial charge in [-0.3, -0.25) is 14.5 Å². The highest BCUT2D eigenvalue weighted by Crippen LogP contribution is 2.32. The maximum Gasteiger partial charge on any atom is 0.415 e. The number of carbonyl (C=O) groups excluding carboxylic acids is 3. The van der Waals surface area contributed by atoms with Gasteiger partial charge in [0, 0.05) is 5.69 Å². The van der Waals surface area contributed by atoms with E-state index in [1.165, 1.54) is 17.2 Å². The Morgan fingerprint density at radius 3 is 2.95 bits per heavy atom. The van der Waals surface area contributed by atoms with Crippen LogP contribution in [0.2, 0.25) is 0 Å². The predicted octanol–water partition coefficient (Wildman–Crippen LogP) is 1.17. The Labute approximate surface area is 218 Å². The highest BCUT2D eigenvalue weighted by atomic mass is 19.1. The van der Waals surface area contributed by atoms with E-state index >= 15 is 0 Å². The lowest BCUT2D eigenvalue weighted by molar-refractivity contribution is -0.119. The molecule has 38 heavy (non-hydrogen) atoms. The highest BCUT2D eigenvalue weighted by Gasteiger charge is 2.34. The number of benzene rings is 1. The molecule has 5 rings (SSSR count). The Bertz CT molecular complexity index is 1260. The van der Waals surface area contributed by atoms with Gasteiger partial charge in [-0.1, -0.05) is 0 Å². The number of amides is 3. The lowest BCUT2D eigenvalue weighted by Crippen LogP contribution is -2.30. The van der Waals surface area contributed by atoms with E-state index in [-0.39, 0.29) is 60.3 Å². The summed E-state index contributed by atoms with van der Waals surface area (Å²) in [5.74, 6) is 0.0821. The van der Waals surface area contributed by atoms with Gasteiger partial charge in [0.25, 0.3) is 11.8 Å². The van der Waals surface area contributed by atoms with Crippen LogP contribution in [0.3, 0.4) is 0 Å². The summed E-state index contributed by atoms with van der Waals surface area (Å²) in [7, 11) is 3.60. The maximum absolute atomic E-state index is 14.7. The Morgan fingerprint density at radius 1 is 1.29 bits per heavy atom. The number of halogens is 1. The molecular weight excluding hydrogens is 497 g/mol. The third-order valence-electron chi connectivity index (χ3n) is 6.58. The molecular formula is C25H30FN7O5. The summed E-state index contributed by atoms with van der Waals surface area (Å²) in [6.07, 6.45) is 2.50. The van der Waals surface area contributed by atoms with E-state index in [1.54, 1.807) is 19.0 Å². The highest BCUT2D eigenvalue weighted by molar-refractivity contribution is 5.95. The van der Waals surface area contributed by atoms with Gasteiger partial charge < -0.3 is 30.3 Å². The van der Waals surface area contributed by atoms with Crippen molar-refractivity contribution in [3.8, 4) is 5.88 Å². The molecule has 1 aromatic carbocycles. The minimum Gasteiger partial charge on any atom is -0.465 e. The van der Waals surface area contributed by atoms with Crippen LogP contribution in [0.5, 0.6) is 5.88 Å². The second kappa shape index (κ2) is 10.9. The number of hydrogen-bond acceptors (Lipinski definition) is 9. The van der Waals surface area contributed by atoms with E-state index in [0.717, 1.165) is 12.0 Å². The molecule has 1 fully saturated rings. The molecule has 2 unspecified atom stereocenters. The first-order valence-electron chi connectivity index (χ1n) is 12.5. The van der Waals surface area contributed by atoms with Gasteiger partial charge in [-0.15, -0.1) is 0 Å². The number of carbonyl (C=O) groups is 3. The molecule has 2 aliphatic heterocycles. The van der Waals surface area contributed by atoms with Crippen molar-refractivity contribution in [3.63, 3.8) is 0 Å².